The molecule has 11 rings (SSSR count). The number of nitriles is 1. The Kier molecular flexibility index (Phi) is 14.8. The SMILES string of the molecule is CC(C)(C)OC(=O)N1C[C@H]2CN(c3nc(Cl)ncc3Cl)C[C@@]2(C)C1.C[C@]12CCC[C@H]1CN(c1nc(Nc3cn[nH]c3)ncc1Cl)C2.C[C@]12CN(C(=O)CC#N)C[C@H]1CN(c1nc(Nc3cn[nH]c3)ncc1Cl)C2. The lowest BCUT2D eigenvalue weighted by atomic mass is 9.83. The number of ether oxygens (including phenoxy) is 1. The Balaban J connectivity index is 0.000000136. The number of amides is 2. The highest BCUT2D eigenvalue weighted by atomic mass is 35.5. The summed E-state index contributed by atoms with van der Waals surface area (Å²) in [5, 5.41) is 30.0. The van der Waals surface area contributed by atoms with Crippen LogP contribution in [-0.2, 0) is 9.53 Å². The van der Waals surface area contributed by atoms with E-state index in [1.165, 1.54) is 25.5 Å². The third-order valence-corrected chi connectivity index (χ3v) is 16.0. The van der Waals surface area contributed by atoms with Gasteiger partial charge in [-0.1, -0.05) is 62.0 Å². The molecule has 1 saturated carbocycles. The average Bonchev–Trinajstić information content (AvgIpc) is 4.20. The number of carbonyl (C=O) groups is 2. The van der Waals surface area contributed by atoms with E-state index in [4.69, 9.17) is 56.4 Å². The fraction of sp³-hybridized carbons (Fsp3) is 0.562. The molecule has 0 spiro atoms. The number of likely N-dealkylation sites (tertiary alicyclic amines) is 2. The van der Waals surface area contributed by atoms with E-state index in [0.717, 1.165) is 62.4 Å². The number of halogens is 4. The first-order valence-electron chi connectivity index (χ1n) is 24.3. The van der Waals surface area contributed by atoms with E-state index >= 15 is 0 Å². The van der Waals surface area contributed by atoms with Crippen molar-refractivity contribution in [1.82, 2.24) is 60.1 Å². The lowest BCUT2D eigenvalue weighted by Gasteiger charge is -2.28. The Labute approximate surface area is 444 Å². The molecule has 6 aliphatic rings. The van der Waals surface area contributed by atoms with Gasteiger partial charge in [0.1, 0.15) is 27.1 Å². The first-order valence-corrected chi connectivity index (χ1v) is 25.8. The van der Waals surface area contributed by atoms with Gasteiger partial charge in [0.05, 0.1) is 48.4 Å². The van der Waals surface area contributed by atoms with Crippen molar-refractivity contribution in [2.75, 3.05) is 90.8 Å². The number of carbonyl (C=O) groups excluding carboxylic acids is 2. The highest BCUT2D eigenvalue weighted by Crippen LogP contribution is 2.50. The van der Waals surface area contributed by atoms with Crippen LogP contribution in [0.2, 0.25) is 20.4 Å². The summed E-state index contributed by atoms with van der Waals surface area (Å²) < 4.78 is 5.49. The zero-order chi connectivity index (χ0) is 51.9. The molecule has 73 heavy (non-hydrogen) atoms. The zero-order valence-electron chi connectivity index (χ0n) is 41.7. The quantitative estimate of drug-likeness (QED) is 0.106. The van der Waals surface area contributed by atoms with Gasteiger partial charge in [0.15, 0.2) is 17.5 Å². The normalized spacial score (nSPS) is 25.8. The number of aromatic nitrogens is 10. The molecule has 5 aromatic heterocycles. The smallest absolute Gasteiger partial charge is 0.410 e. The molecule has 6 atom stereocenters. The molecule has 2 amide bonds. The van der Waals surface area contributed by atoms with Gasteiger partial charge in [0.2, 0.25) is 23.1 Å². The van der Waals surface area contributed by atoms with Crippen LogP contribution in [0.25, 0.3) is 0 Å². The molecule has 6 fully saturated rings. The Morgan fingerprint density at radius 2 is 1.16 bits per heavy atom. The summed E-state index contributed by atoms with van der Waals surface area (Å²) in [7, 11) is 0. The van der Waals surface area contributed by atoms with Gasteiger partial charge in [-0.05, 0) is 56.5 Å². The zero-order valence-corrected chi connectivity index (χ0v) is 44.7. The van der Waals surface area contributed by atoms with E-state index in [1.54, 1.807) is 42.1 Å². The number of hydrogen-bond donors (Lipinski definition) is 4. The van der Waals surface area contributed by atoms with Crippen LogP contribution in [0.5, 0.6) is 0 Å². The van der Waals surface area contributed by atoms with Gasteiger partial charge in [-0.3, -0.25) is 15.0 Å². The molecule has 0 unspecified atom stereocenters. The summed E-state index contributed by atoms with van der Waals surface area (Å²) in [6.45, 7) is 20.2. The fourth-order valence-corrected chi connectivity index (χ4v) is 12.1. The second-order valence-electron chi connectivity index (χ2n) is 21.8. The van der Waals surface area contributed by atoms with Gasteiger partial charge >= 0.3 is 6.09 Å². The van der Waals surface area contributed by atoms with Crippen LogP contribution in [0.15, 0.2) is 43.4 Å². The Bertz CT molecular complexity index is 2830. The van der Waals surface area contributed by atoms with Gasteiger partial charge in [-0.25, -0.2) is 19.7 Å². The molecule has 25 heteroatoms. The number of fused-ring (bicyclic) bond motifs is 3. The van der Waals surface area contributed by atoms with Gasteiger partial charge in [0, 0.05) is 101 Å². The predicted octanol–water partition coefficient (Wildman–Crippen LogP) is 8.49. The van der Waals surface area contributed by atoms with Crippen molar-refractivity contribution in [2.45, 2.75) is 72.8 Å². The topological polar surface area (TPSA) is 242 Å². The molecule has 5 aliphatic heterocycles. The number of anilines is 7. The van der Waals surface area contributed by atoms with Crippen LogP contribution < -0.4 is 25.3 Å². The molecular formula is C48H60Cl4N18O3. The molecule has 1 aliphatic carbocycles. The van der Waals surface area contributed by atoms with Crippen LogP contribution in [0.3, 0.4) is 0 Å². The van der Waals surface area contributed by atoms with Crippen LogP contribution in [0, 0.1) is 45.3 Å². The number of nitrogens with zero attached hydrogens (tertiary/aromatic N) is 14. The maximum absolute atomic E-state index is 12.3. The van der Waals surface area contributed by atoms with Crippen molar-refractivity contribution < 1.29 is 14.3 Å². The molecular weight excluding hydrogens is 1020 g/mol. The van der Waals surface area contributed by atoms with Crippen molar-refractivity contribution in [1.29, 1.82) is 5.26 Å². The molecule has 5 aromatic rings. The Morgan fingerprint density at radius 1 is 0.685 bits per heavy atom. The first kappa shape index (κ1) is 51.9. The van der Waals surface area contributed by atoms with E-state index in [-0.39, 0.29) is 34.5 Å². The minimum atomic E-state index is -0.479. The third-order valence-electron chi connectivity index (χ3n) is 15.0. The fourth-order valence-electron chi connectivity index (χ4n) is 11.3. The van der Waals surface area contributed by atoms with Crippen LogP contribution >= 0.6 is 46.4 Å². The number of nitrogens with one attached hydrogen (secondary N) is 4. The van der Waals surface area contributed by atoms with Crippen LogP contribution in [-0.4, -0.2) is 143 Å². The second kappa shape index (κ2) is 20.8. The third kappa shape index (κ3) is 11.6. The van der Waals surface area contributed by atoms with Crippen LogP contribution in [0.4, 0.5) is 45.5 Å². The average molecular weight is 1080 g/mol. The van der Waals surface area contributed by atoms with Crippen molar-refractivity contribution in [3.8, 4) is 6.07 Å². The predicted molar refractivity (Wildman–Crippen MR) is 280 cm³/mol. The maximum Gasteiger partial charge on any atom is 0.410 e. The first-order chi connectivity index (χ1) is 34.7. The minimum absolute atomic E-state index is 0.0162. The molecule has 0 radical (unpaired) electrons. The Hall–Kier alpha value is -5.95. The summed E-state index contributed by atoms with van der Waals surface area (Å²) in [5.41, 5.74) is 1.47. The molecule has 0 aromatic carbocycles. The van der Waals surface area contributed by atoms with E-state index < -0.39 is 5.60 Å². The summed E-state index contributed by atoms with van der Waals surface area (Å²) in [6.07, 6.45) is 15.3. The second-order valence-corrected chi connectivity index (χ2v) is 23.4. The number of rotatable bonds is 8. The van der Waals surface area contributed by atoms with Crippen molar-refractivity contribution in [3.05, 3.63) is 63.7 Å². The molecule has 10 heterocycles. The minimum Gasteiger partial charge on any atom is -0.444 e. The van der Waals surface area contributed by atoms with Crippen molar-refractivity contribution >= 4 is 99.1 Å². The van der Waals surface area contributed by atoms with Gasteiger partial charge in [-0.2, -0.15) is 30.4 Å². The summed E-state index contributed by atoms with van der Waals surface area (Å²) >= 11 is 24.8. The van der Waals surface area contributed by atoms with Gasteiger partial charge < -0.3 is 39.9 Å². The highest BCUT2D eigenvalue weighted by Gasteiger charge is 2.53. The van der Waals surface area contributed by atoms with Crippen molar-refractivity contribution in [2.24, 2.45) is 34.0 Å². The standard InChI is InChI=1S/C17H19ClN8O.C16H22Cl2N4O2.C15H19ClN6/c1-17-9-25(14(27)2-3-19)7-11(17)8-26(10-17)15-13(18)6-20-16(24-15)23-12-4-21-22-5-12;1-15(2,3)24-14(23)22-7-10-6-21(8-16(10,4)9-22)12-11(17)5-19-13(18)20-12;1-15-4-2-3-10(15)8-22(9-15)13-12(16)7-17-14(21-13)20-11-5-18-19-6-11/h4-6,11H,2,7-10H2,1H3,(H,21,22)(H,20,23,24);5,10H,6-9H2,1-4H3;5-7,10H,2-4,8-9H2,1H3,(H,18,19)(H,17,20,21)/t11-,17+;10-,16+;10-,15+/m010/s1. The number of H-pyrrole nitrogens is 2. The van der Waals surface area contributed by atoms with Crippen LogP contribution in [0.1, 0.15) is 67.2 Å². The lowest BCUT2D eigenvalue weighted by Crippen LogP contribution is -2.39. The molecule has 0 bridgehead atoms. The monoisotopic (exact) mass is 1080 g/mol. The number of aromatic amines is 2. The van der Waals surface area contributed by atoms with Gasteiger partial charge in [0.25, 0.3) is 0 Å². The van der Waals surface area contributed by atoms with E-state index in [1.807, 2.05) is 31.7 Å². The summed E-state index contributed by atoms with van der Waals surface area (Å²) in [5.74, 6) is 4.49. The lowest BCUT2D eigenvalue weighted by molar-refractivity contribution is -0.129. The van der Waals surface area contributed by atoms with E-state index in [2.05, 4.69) is 96.4 Å². The van der Waals surface area contributed by atoms with Crippen molar-refractivity contribution in [3.63, 3.8) is 0 Å². The summed E-state index contributed by atoms with van der Waals surface area (Å²) in [6, 6.07) is 1.94. The Morgan fingerprint density at radius 3 is 1.64 bits per heavy atom. The molecule has 21 nitrogen and oxygen atoms in total. The molecule has 388 valence electrons. The van der Waals surface area contributed by atoms with E-state index in [9.17, 15) is 9.59 Å². The van der Waals surface area contributed by atoms with Gasteiger partial charge in [-0.15, -0.1) is 0 Å². The summed E-state index contributed by atoms with van der Waals surface area (Å²) in [4.78, 5) is 60.4. The highest BCUT2D eigenvalue weighted by molar-refractivity contribution is 6.34. The number of hydrogen-bond acceptors (Lipinski definition) is 17. The molecule has 5 saturated heterocycles. The largest absolute Gasteiger partial charge is 0.444 e. The molecule has 4 N–H and O–H groups in total. The van der Waals surface area contributed by atoms with E-state index in [0.29, 0.717) is 82.0 Å². The maximum atomic E-state index is 12.3.